The van der Waals surface area contributed by atoms with E-state index in [1.165, 1.54) is 0 Å². The van der Waals surface area contributed by atoms with E-state index < -0.39 is 0 Å². The first kappa shape index (κ1) is 10.3. The van der Waals surface area contributed by atoms with Crippen LogP contribution in [-0.2, 0) is 0 Å². The van der Waals surface area contributed by atoms with Gasteiger partial charge in [-0.3, -0.25) is 0 Å². The molecule has 0 saturated heterocycles. The van der Waals surface area contributed by atoms with E-state index in [0.717, 1.165) is 15.7 Å². The molecule has 0 aliphatic carbocycles. The summed E-state index contributed by atoms with van der Waals surface area (Å²) in [5, 5.41) is 4.17. The smallest absolute Gasteiger partial charge is 0.0406 e. The largest absolute Gasteiger partial charge is 0.126 e. The summed E-state index contributed by atoms with van der Waals surface area (Å²) in [6.45, 7) is 0.518. The quantitative estimate of drug-likeness (QED) is 0.247. The van der Waals surface area contributed by atoms with Crippen molar-refractivity contribution in [1.82, 2.24) is 0 Å². The molecule has 1 rings (SSSR count). The molecule has 0 aliphatic heterocycles. The molecule has 3 nitrogen and oxygen atoms in total. The average Bonchev–Trinajstić information content (AvgIpc) is 2.15. The molecular weight excluding hydrogens is 206 g/mol. The van der Waals surface area contributed by atoms with Crippen LogP contribution in [0.2, 0.25) is 5.02 Å². The van der Waals surface area contributed by atoms with Crippen molar-refractivity contribution in [2.45, 2.75) is 4.90 Å². The molecule has 0 spiro atoms. The molecule has 0 bridgehead atoms. The monoisotopic (exact) mass is 213 g/mol. The molecule has 0 aromatic heterocycles. The Balaban J connectivity index is 2.37. The Bertz CT molecular complexity index is 306. The number of thioether (sulfide) groups is 1. The number of rotatable bonds is 4. The summed E-state index contributed by atoms with van der Waals surface area (Å²) in [6, 6.07) is 7.58. The van der Waals surface area contributed by atoms with E-state index in [0.29, 0.717) is 6.54 Å². The van der Waals surface area contributed by atoms with Gasteiger partial charge in [0.25, 0.3) is 0 Å². The molecule has 0 aliphatic rings. The SMILES string of the molecule is [N-]=[N+]=NCCSc1ccc(Cl)cc1. The lowest BCUT2D eigenvalue weighted by Gasteiger charge is -1.98. The van der Waals surface area contributed by atoms with Crippen molar-refractivity contribution in [3.8, 4) is 0 Å². The van der Waals surface area contributed by atoms with Crippen molar-refractivity contribution in [3.05, 3.63) is 39.7 Å². The first-order chi connectivity index (χ1) is 6.33. The van der Waals surface area contributed by atoms with Crippen LogP contribution in [0, 0.1) is 0 Å². The maximum absolute atomic E-state index is 8.03. The molecule has 0 amide bonds. The molecule has 0 N–H and O–H groups in total. The van der Waals surface area contributed by atoms with Crippen LogP contribution in [0.1, 0.15) is 0 Å². The summed E-state index contributed by atoms with van der Waals surface area (Å²) in [5.74, 6) is 0.797. The summed E-state index contributed by atoms with van der Waals surface area (Å²) in [7, 11) is 0. The number of benzene rings is 1. The topological polar surface area (TPSA) is 48.8 Å². The molecule has 0 saturated carbocycles. The highest BCUT2D eigenvalue weighted by molar-refractivity contribution is 7.99. The van der Waals surface area contributed by atoms with Crippen LogP contribution in [0.3, 0.4) is 0 Å². The molecule has 1 aromatic carbocycles. The van der Waals surface area contributed by atoms with Gasteiger partial charge >= 0.3 is 0 Å². The average molecular weight is 214 g/mol. The number of hydrogen-bond acceptors (Lipinski definition) is 2. The highest BCUT2D eigenvalue weighted by Gasteiger charge is 1.92. The van der Waals surface area contributed by atoms with Gasteiger partial charge in [0.05, 0.1) is 0 Å². The van der Waals surface area contributed by atoms with E-state index in [4.69, 9.17) is 17.1 Å². The van der Waals surface area contributed by atoms with Crippen LogP contribution in [0.5, 0.6) is 0 Å². The highest BCUT2D eigenvalue weighted by atomic mass is 35.5. The number of nitrogens with zero attached hydrogens (tertiary/aromatic N) is 3. The summed E-state index contributed by atoms with van der Waals surface area (Å²) >= 11 is 7.37. The van der Waals surface area contributed by atoms with Gasteiger partial charge in [0, 0.05) is 27.1 Å². The molecule has 0 atom stereocenters. The summed E-state index contributed by atoms with van der Waals surface area (Å²) in [4.78, 5) is 3.81. The molecule has 13 heavy (non-hydrogen) atoms. The fourth-order valence-electron chi connectivity index (χ4n) is 0.780. The molecule has 5 heteroatoms. The lowest BCUT2D eigenvalue weighted by atomic mass is 10.4. The van der Waals surface area contributed by atoms with Crippen LogP contribution in [0.4, 0.5) is 0 Å². The number of hydrogen-bond donors (Lipinski definition) is 0. The Morgan fingerprint density at radius 2 is 2.08 bits per heavy atom. The van der Waals surface area contributed by atoms with Crippen molar-refractivity contribution < 1.29 is 0 Å². The number of azide groups is 1. The maximum Gasteiger partial charge on any atom is 0.0406 e. The van der Waals surface area contributed by atoms with Crippen molar-refractivity contribution in [3.63, 3.8) is 0 Å². The van der Waals surface area contributed by atoms with E-state index in [2.05, 4.69) is 10.0 Å². The first-order valence-corrected chi connectivity index (χ1v) is 5.08. The number of halogens is 1. The normalized spacial score (nSPS) is 9.31. The molecule has 68 valence electrons. The lowest BCUT2D eigenvalue weighted by Crippen LogP contribution is -1.82. The fourth-order valence-corrected chi connectivity index (χ4v) is 1.64. The second kappa shape index (κ2) is 5.75. The van der Waals surface area contributed by atoms with Crippen molar-refractivity contribution in [2.24, 2.45) is 5.11 Å². The third-order valence-electron chi connectivity index (χ3n) is 1.34. The van der Waals surface area contributed by atoms with Crippen molar-refractivity contribution in [2.75, 3.05) is 12.3 Å². The minimum atomic E-state index is 0.518. The molecule has 0 fully saturated rings. The zero-order valence-corrected chi connectivity index (χ0v) is 8.42. The third kappa shape index (κ3) is 4.08. The molecule has 0 radical (unpaired) electrons. The van der Waals surface area contributed by atoms with Crippen LogP contribution in [0.15, 0.2) is 34.3 Å². The van der Waals surface area contributed by atoms with Gasteiger partial charge in [0.1, 0.15) is 0 Å². The predicted molar refractivity (Wildman–Crippen MR) is 56.2 cm³/mol. The summed E-state index contributed by atoms with van der Waals surface area (Å²) in [5.41, 5.74) is 8.03. The zero-order valence-electron chi connectivity index (χ0n) is 6.85. The second-order valence-corrected chi connectivity index (χ2v) is 3.86. The van der Waals surface area contributed by atoms with Gasteiger partial charge < -0.3 is 0 Å². The highest BCUT2D eigenvalue weighted by Crippen LogP contribution is 2.19. The van der Waals surface area contributed by atoms with Gasteiger partial charge in [0.15, 0.2) is 0 Å². The summed E-state index contributed by atoms with van der Waals surface area (Å²) in [6.07, 6.45) is 0. The Labute approximate surface area is 85.7 Å². The van der Waals surface area contributed by atoms with Crippen LogP contribution in [0.25, 0.3) is 10.4 Å². The van der Waals surface area contributed by atoms with Crippen LogP contribution in [-0.4, -0.2) is 12.3 Å². The molecule has 0 unspecified atom stereocenters. The van der Waals surface area contributed by atoms with E-state index in [1.54, 1.807) is 11.8 Å². The molecule has 0 heterocycles. The summed E-state index contributed by atoms with van der Waals surface area (Å²) < 4.78 is 0. The lowest BCUT2D eigenvalue weighted by molar-refractivity contribution is 1.12. The minimum absolute atomic E-state index is 0.518. The first-order valence-electron chi connectivity index (χ1n) is 3.72. The van der Waals surface area contributed by atoms with Crippen LogP contribution >= 0.6 is 23.4 Å². The van der Waals surface area contributed by atoms with Gasteiger partial charge in [0.2, 0.25) is 0 Å². The van der Waals surface area contributed by atoms with Crippen molar-refractivity contribution >= 4 is 23.4 Å². The zero-order chi connectivity index (χ0) is 9.52. The van der Waals surface area contributed by atoms with E-state index in [-0.39, 0.29) is 0 Å². The van der Waals surface area contributed by atoms with Gasteiger partial charge in [-0.2, -0.15) is 0 Å². The Morgan fingerprint density at radius 3 is 2.69 bits per heavy atom. The van der Waals surface area contributed by atoms with E-state index in [1.807, 2.05) is 24.3 Å². The Morgan fingerprint density at radius 1 is 1.38 bits per heavy atom. The molecule has 1 aromatic rings. The van der Waals surface area contributed by atoms with Gasteiger partial charge in [-0.15, -0.1) is 11.8 Å². The van der Waals surface area contributed by atoms with Gasteiger partial charge in [-0.1, -0.05) is 16.7 Å². The maximum atomic E-state index is 8.03. The van der Waals surface area contributed by atoms with Gasteiger partial charge in [-0.25, -0.2) is 0 Å². The fraction of sp³-hybridized carbons (Fsp3) is 0.250. The standard InChI is InChI=1S/C8H8ClN3S/c9-7-1-3-8(4-2-7)13-6-5-11-12-10/h1-4H,5-6H2. The Hall–Kier alpha value is -0.830. The minimum Gasteiger partial charge on any atom is -0.126 e. The molecular formula is C8H8ClN3S. The van der Waals surface area contributed by atoms with Crippen molar-refractivity contribution in [1.29, 1.82) is 0 Å². The van der Waals surface area contributed by atoms with E-state index >= 15 is 0 Å². The van der Waals surface area contributed by atoms with E-state index in [9.17, 15) is 0 Å². The third-order valence-corrected chi connectivity index (χ3v) is 2.58. The van der Waals surface area contributed by atoms with Crippen LogP contribution < -0.4 is 0 Å². The second-order valence-electron chi connectivity index (χ2n) is 2.26. The predicted octanol–water partition coefficient (Wildman–Crippen LogP) is 3.74. The van der Waals surface area contributed by atoms with Gasteiger partial charge in [-0.05, 0) is 29.8 Å². The Kier molecular flexibility index (Phi) is 4.54.